The number of nitrogens with zero attached hydrogens (tertiary/aromatic N) is 1. The van der Waals surface area contributed by atoms with Gasteiger partial charge < -0.3 is 10.6 Å². The molecule has 0 aliphatic heterocycles. The van der Waals surface area contributed by atoms with E-state index >= 15 is 0 Å². The highest BCUT2D eigenvalue weighted by atomic mass is 79.9. The SMILES string of the molecule is CC(C)(C)NCCNCc1ncccc1Br. The first-order valence-corrected chi connectivity index (χ1v) is 6.33. The molecule has 0 spiro atoms. The van der Waals surface area contributed by atoms with Crippen LogP contribution in [0, 0.1) is 0 Å². The Morgan fingerprint density at radius 2 is 2.06 bits per heavy atom. The van der Waals surface area contributed by atoms with Crippen molar-refractivity contribution >= 4 is 15.9 Å². The van der Waals surface area contributed by atoms with Crippen molar-refractivity contribution in [1.82, 2.24) is 15.6 Å². The molecule has 1 rings (SSSR count). The molecule has 0 bridgehead atoms. The van der Waals surface area contributed by atoms with Crippen LogP contribution in [0.4, 0.5) is 0 Å². The average molecular weight is 286 g/mol. The van der Waals surface area contributed by atoms with Crippen molar-refractivity contribution in [3.05, 3.63) is 28.5 Å². The summed E-state index contributed by atoms with van der Waals surface area (Å²) in [6.45, 7) is 9.22. The smallest absolute Gasteiger partial charge is 0.0683 e. The van der Waals surface area contributed by atoms with Gasteiger partial charge in [0.2, 0.25) is 0 Å². The lowest BCUT2D eigenvalue weighted by molar-refractivity contribution is 0.421. The van der Waals surface area contributed by atoms with Crippen LogP contribution in [0.2, 0.25) is 0 Å². The van der Waals surface area contributed by atoms with Gasteiger partial charge in [-0.3, -0.25) is 4.98 Å². The first-order valence-electron chi connectivity index (χ1n) is 5.54. The third-order valence-corrected chi connectivity index (χ3v) is 2.81. The standard InChI is InChI=1S/C12H20BrN3/c1-12(2,3)16-8-7-14-9-11-10(13)5-4-6-15-11/h4-6,14,16H,7-9H2,1-3H3. The van der Waals surface area contributed by atoms with Gasteiger partial charge in [0.05, 0.1) is 5.69 Å². The van der Waals surface area contributed by atoms with Crippen molar-refractivity contribution in [2.75, 3.05) is 13.1 Å². The highest BCUT2D eigenvalue weighted by Crippen LogP contribution is 2.12. The van der Waals surface area contributed by atoms with Gasteiger partial charge in [-0.1, -0.05) is 0 Å². The molecule has 0 fully saturated rings. The summed E-state index contributed by atoms with van der Waals surface area (Å²) in [5.74, 6) is 0. The fourth-order valence-electron chi connectivity index (χ4n) is 1.28. The molecule has 2 N–H and O–H groups in total. The molecule has 1 heterocycles. The quantitative estimate of drug-likeness (QED) is 0.816. The first kappa shape index (κ1) is 13.6. The van der Waals surface area contributed by atoms with Crippen LogP contribution in [0.5, 0.6) is 0 Å². The minimum Gasteiger partial charge on any atom is -0.311 e. The van der Waals surface area contributed by atoms with E-state index in [0.717, 1.165) is 29.8 Å². The molecule has 0 aromatic carbocycles. The molecule has 0 saturated carbocycles. The summed E-state index contributed by atoms with van der Waals surface area (Å²) in [5.41, 5.74) is 1.24. The molecule has 1 aromatic heterocycles. The minimum absolute atomic E-state index is 0.188. The second kappa shape index (κ2) is 6.33. The Balaban J connectivity index is 2.19. The Kier molecular flexibility index (Phi) is 5.38. The molecular formula is C12H20BrN3. The summed E-state index contributed by atoms with van der Waals surface area (Å²) < 4.78 is 1.06. The number of rotatable bonds is 5. The van der Waals surface area contributed by atoms with E-state index in [-0.39, 0.29) is 5.54 Å². The van der Waals surface area contributed by atoms with Gasteiger partial charge in [0.25, 0.3) is 0 Å². The zero-order valence-electron chi connectivity index (χ0n) is 10.2. The Morgan fingerprint density at radius 3 is 2.69 bits per heavy atom. The van der Waals surface area contributed by atoms with Crippen molar-refractivity contribution in [3.8, 4) is 0 Å². The van der Waals surface area contributed by atoms with E-state index in [1.165, 1.54) is 0 Å². The van der Waals surface area contributed by atoms with Crippen LogP contribution in [0.3, 0.4) is 0 Å². The number of halogens is 1. The number of pyridine rings is 1. The van der Waals surface area contributed by atoms with Crippen molar-refractivity contribution in [3.63, 3.8) is 0 Å². The molecule has 4 heteroatoms. The van der Waals surface area contributed by atoms with Crippen molar-refractivity contribution in [1.29, 1.82) is 0 Å². The Labute approximate surface area is 106 Å². The maximum absolute atomic E-state index is 4.29. The van der Waals surface area contributed by atoms with Gasteiger partial charge in [0.1, 0.15) is 0 Å². The highest BCUT2D eigenvalue weighted by Gasteiger charge is 2.07. The molecule has 0 aliphatic rings. The molecule has 0 unspecified atom stereocenters. The molecule has 0 atom stereocenters. The van der Waals surface area contributed by atoms with Crippen LogP contribution in [-0.2, 0) is 6.54 Å². The minimum atomic E-state index is 0.188. The van der Waals surface area contributed by atoms with Gasteiger partial charge in [0, 0.05) is 35.8 Å². The molecule has 0 radical (unpaired) electrons. The second-order valence-electron chi connectivity index (χ2n) is 4.79. The summed E-state index contributed by atoms with van der Waals surface area (Å²) in [6.07, 6.45) is 1.81. The zero-order valence-corrected chi connectivity index (χ0v) is 11.8. The molecule has 90 valence electrons. The summed E-state index contributed by atoms with van der Waals surface area (Å²) in [5, 5.41) is 6.79. The van der Waals surface area contributed by atoms with Gasteiger partial charge in [-0.2, -0.15) is 0 Å². The van der Waals surface area contributed by atoms with Crippen LogP contribution in [0.1, 0.15) is 26.5 Å². The molecule has 0 saturated heterocycles. The number of aromatic nitrogens is 1. The van der Waals surface area contributed by atoms with E-state index in [1.807, 2.05) is 18.3 Å². The van der Waals surface area contributed by atoms with Gasteiger partial charge >= 0.3 is 0 Å². The van der Waals surface area contributed by atoms with Crippen LogP contribution in [0.25, 0.3) is 0 Å². The summed E-state index contributed by atoms with van der Waals surface area (Å²) in [4.78, 5) is 4.29. The molecule has 3 nitrogen and oxygen atoms in total. The maximum Gasteiger partial charge on any atom is 0.0683 e. The van der Waals surface area contributed by atoms with Gasteiger partial charge in [-0.05, 0) is 48.8 Å². The van der Waals surface area contributed by atoms with Gasteiger partial charge in [0.15, 0.2) is 0 Å². The zero-order chi connectivity index (χ0) is 12.0. The van der Waals surface area contributed by atoms with Crippen molar-refractivity contribution in [2.45, 2.75) is 32.9 Å². The molecular weight excluding hydrogens is 266 g/mol. The van der Waals surface area contributed by atoms with Gasteiger partial charge in [-0.15, -0.1) is 0 Å². The number of hydrogen-bond acceptors (Lipinski definition) is 3. The fourth-order valence-corrected chi connectivity index (χ4v) is 1.68. The van der Waals surface area contributed by atoms with E-state index in [9.17, 15) is 0 Å². The maximum atomic E-state index is 4.29. The van der Waals surface area contributed by atoms with E-state index in [2.05, 4.69) is 52.3 Å². The first-order chi connectivity index (χ1) is 7.49. The Morgan fingerprint density at radius 1 is 1.31 bits per heavy atom. The highest BCUT2D eigenvalue weighted by molar-refractivity contribution is 9.10. The van der Waals surface area contributed by atoms with Crippen LogP contribution >= 0.6 is 15.9 Å². The topological polar surface area (TPSA) is 37.0 Å². The predicted molar refractivity (Wildman–Crippen MR) is 71.4 cm³/mol. The summed E-state index contributed by atoms with van der Waals surface area (Å²) in [6, 6.07) is 3.94. The molecule has 0 amide bonds. The summed E-state index contributed by atoms with van der Waals surface area (Å²) in [7, 11) is 0. The van der Waals surface area contributed by atoms with E-state index in [0.29, 0.717) is 0 Å². The van der Waals surface area contributed by atoms with Crippen LogP contribution in [-0.4, -0.2) is 23.6 Å². The fraction of sp³-hybridized carbons (Fsp3) is 0.583. The van der Waals surface area contributed by atoms with Crippen molar-refractivity contribution < 1.29 is 0 Å². The largest absolute Gasteiger partial charge is 0.311 e. The second-order valence-corrected chi connectivity index (χ2v) is 5.64. The average Bonchev–Trinajstić information content (AvgIpc) is 2.18. The Bertz CT molecular complexity index is 320. The van der Waals surface area contributed by atoms with E-state index in [4.69, 9.17) is 0 Å². The number of hydrogen-bond donors (Lipinski definition) is 2. The van der Waals surface area contributed by atoms with Crippen molar-refractivity contribution in [2.24, 2.45) is 0 Å². The lowest BCUT2D eigenvalue weighted by Gasteiger charge is -2.20. The lowest BCUT2D eigenvalue weighted by Crippen LogP contribution is -2.40. The Hall–Kier alpha value is -0.450. The number of nitrogens with one attached hydrogen (secondary N) is 2. The predicted octanol–water partition coefficient (Wildman–Crippen LogP) is 2.32. The summed E-state index contributed by atoms with van der Waals surface area (Å²) >= 11 is 3.48. The monoisotopic (exact) mass is 285 g/mol. The third kappa shape index (κ3) is 5.58. The van der Waals surface area contributed by atoms with Crippen LogP contribution < -0.4 is 10.6 Å². The normalized spacial score (nSPS) is 11.8. The van der Waals surface area contributed by atoms with E-state index in [1.54, 1.807) is 0 Å². The molecule has 1 aromatic rings. The van der Waals surface area contributed by atoms with E-state index < -0.39 is 0 Å². The van der Waals surface area contributed by atoms with Gasteiger partial charge in [-0.25, -0.2) is 0 Å². The molecule has 0 aliphatic carbocycles. The van der Waals surface area contributed by atoms with Crippen LogP contribution in [0.15, 0.2) is 22.8 Å². The molecule has 16 heavy (non-hydrogen) atoms. The lowest BCUT2D eigenvalue weighted by atomic mass is 10.1. The third-order valence-electron chi connectivity index (χ3n) is 2.08.